The van der Waals surface area contributed by atoms with E-state index in [1.807, 2.05) is 0 Å². The fraction of sp³-hybridized carbons (Fsp3) is 0.750. The van der Waals surface area contributed by atoms with Gasteiger partial charge < -0.3 is 10.2 Å². The third kappa shape index (κ3) is 4.85. The van der Waals surface area contributed by atoms with Crippen molar-refractivity contribution in [3.05, 3.63) is 0 Å². The van der Waals surface area contributed by atoms with E-state index in [4.69, 9.17) is 6.42 Å². The smallest absolute Gasteiger partial charge is 0.217 e. The number of nitrogens with zero attached hydrogens (tertiary/aromatic N) is 1. The maximum absolute atomic E-state index is 10.9. The second-order valence-electron chi connectivity index (χ2n) is 4.12. The number of hydrogen-bond donors (Lipinski definition) is 1. The van der Waals surface area contributed by atoms with Gasteiger partial charge in [0.25, 0.3) is 0 Å². The fourth-order valence-corrected chi connectivity index (χ4v) is 1.99. The zero-order valence-electron chi connectivity index (χ0n) is 9.46. The minimum atomic E-state index is 0.0841. The molecule has 0 radical (unpaired) electrons. The van der Waals surface area contributed by atoms with Gasteiger partial charge in [0, 0.05) is 32.5 Å². The summed E-state index contributed by atoms with van der Waals surface area (Å²) in [5.74, 6) is 2.74. The number of unbranched alkanes of at least 4 members (excludes halogenated alkanes) is 1. The first-order chi connectivity index (χ1) is 7.22. The summed E-state index contributed by atoms with van der Waals surface area (Å²) in [5.41, 5.74) is 0. The molecule has 1 saturated heterocycles. The highest BCUT2D eigenvalue weighted by Gasteiger charge is 2.18. The van der Waals surface area contributed by atoms with Crippen molar-refractivity contribution >= 4 is 5.91 Å². The number of amides is 1. The van der Waals surface area contributed by atoms with Crippen LogP contribution in [0, 0.1) is 12.3 Å². The number of nitrogens with one attached hydrogen (secondary N) is 1. The molecule has 0 saturated carbocycles. The van der Waals surface area contributed by atoms with Gasteiger partial charge >= 0.3 is 0 Å². The number of rotatable bonds is 4. The van der Waals surface area contributed by atoms with E-state index >= 15 is 0 Å². The first-order valence-corrected chi connectivity index (χ1v) is 5.65. The van der Waals surface area contributed by atoms with Crippen molar-refractivity contribution in [1.82, 2.24) is 10.2 Å². The molecule has 1 N–H and O–H groups in total. The summed E-state index contributed by atoms with van der Waals surface area (Å²) >= 11 is 0. The predicted molar refractivity (Wildman–Crippen MR) is 61.3 cm³/mol. The molecule has 0 aromatic carbocycles. The maximum Gasteiger partial charge on any atom is 0.217 e. The monoisotopic (exact) mass is 208 g/mol. The molecule has 0 unspecified atom stereocenters. The Morgan fingerprint density at radius 2 is 2.20 bits per heavy atom. The van der Waals surface area contributed by atoms with E-state index in [0.717, 1.165) is 45.3 Å². The van der Waals surface area contributed by atoms with Gasteiger partial charge in [0.2, 0.25) is 5.91 Å². The molecule has 1 heterocycles. The highest BCUT2D eigenvalue weighted by molar-refractivity contribution is 5.73. The van der Waals surface area contributed by atoms with Crippen LogP contribution in [-0.4, -0.2) is 36.5 Å². The first kappa shape index (κ1) is 12.1. The lowest BCUT2D eigenvalue weighted by Gasteiger charge is -2.31. The SMILES string of the molecule is C#CCCCN1CCC(NC(C)=O)CC1. The molecular formula is C12H20N2O. The number of terminal acetylenes is 1. The van der Waals surface area contributed by atoms with E-state index in [9.17, 15) is 4.79 Å². The summed E-state index contributed by atoms with van der Waals surface area (Å²) in [6, 6.07) is 0.381. The Morgan fingerprint density at radius 1 is 1.53 bits per heavy atom. The third-order valence-electron chi connectivity index (χ3n) is 2.79. The number of carbonyl (C=O) groups is 1. The molecule has 1 fully saturated rings. The predicted octanol–water partition coefficient (Wildman–Crippen LogP) is 1.00. The summed E-state index contributed by atoms with van der Waals surface area (Å²) < 4.78 is 0. The van der Waals surface area contributed by atoms with Crippen molar-refractivity contribution in [3.8, 4) is 12.3 Å². The van der Waals surface area contributed by atoms with Crippen LogP contribution in [0.3, 0.4) is 0 Å². The highest BCUT2D eigenvalue weighted by Crippen LogP contribution is 2.10. The van der Waals surface area contributed by atoms with Gasteiger partial charge in [-0.15, -0.1) is 12.3 Å². The summed E-state index contributed by atoms with van der Waals surface area (Å²) in [5, 5.41) is 2.97. The molecule has 3 nitrogen and oxygen atoms in total. The van der Waals surface area contributed by atoms with Crippen molar-refractivity contribution in [2.45, 2.75) is 38.6 Å². The molecule has 0 spiro atoms. The van der Waals surface area contributed by atoms with Gasteiger partial charge in [-0.2, -0.15) is 0 Å². The van der Waals surface area contributed by atoms with Crippen LogP contribution in [0.1, 0.15) is 32.6 Å². The average molecular weight is 208 g/mol. The molecule has 0 aromatic heterocycles. The maximum atomic E-state index is 10.9. The first-order valence-electron chi connectivity index (χ1n) is 5.65. The normalized spacial score (nSPS) is 18.4. The van der Waals surface area contributed by atoms with Crippen molar-refractivity contribution in [2.75, 3.05) is 19.6 Å². The zero-order chi connectivity index (χ0) is 11.1. The number of likely N-dealkylation sites (tertiary alicyclic amines) is 1. The van der Waals surface area contributed by atoms with E-state index in [2.05, 4.69) is 16.1 Å². The molecule has 1 aliphatic heterocycles. The standard InChI is InChI=1S/C12H20N2O/c1-3-4-5-8-14-9-6-12(7-10-14)13-11(2)15/h1,12H,4-10H2,2H3,(H,13,15). The van der Waals surface area contributed by atoms with E-state index in [1.165, 1.54) is 0 Å². The average Bonchev–Trinajstić information content (AvgIpc) is 2.20. The molecule has 84 valence electrons. The summed E-state index contributed by atoms with van der Waals surface area (Å²) in [6.07, 6.45) is 9.29. The summed E-state index contributed by atoms with van der Waals surface area (Å²) in [7, 11) is 0. The van der Waals surface area contributed by atoms with Crippen LogP contribution in [0.25, 0.3) is 0 Å². The van der Waals surface area contributed by atoms with E-state index in [1.54, 1.807) is 6.92 Å². The second kappa shape index (κ2) is 6.47. The second-order valence-corrected chi connectivity index (χ2v) is 4.12. The third-order valence-corrected chi connectivity index (χ3v) is 2.79. The van der Waals surface area contributed by atoms with Gasteiger partial charge in [0.1, 0.15) is 0 Å². The van der Waals surface area contributed by atoms with Gasteiger partial charge in [-0.1, -0.05) is 0 Å². The molecule has 1 aliphatic rings. The highest BCUT2D eigenvalue weighted by atomic mass is 16.1. The van der Waals surface area contributed by atoms with E-state index in [-0.39, 0.29) is 5.91 Å². The largest absolute Gasteiger partial charge is 0.354 e. The topological polar surface area (TPSA) is 32.3 Å². The Kier molecular flexibility index (Phi) is 5.20. The van der Waals surface area contributed by atoms with Crippen LogP contribution >= 0.6 is 0 Å². The Labute approximate surface area is 92.2 Å². The Bertz CT molecular complexity index is 236. The zero-order valence-corrected chi connectivity index (χ0v) is 9.46. The lowest BCUT2D eigenvalue weighted by atomic mass is 10.0. The molecule has 1 amide bonds. The molecule has 3 heteroatoms. The van der Waals surface area contributed by atoms with Crippen LogP contribution in [0.4, 0.5) is 0 Å². The number of carbonyl (C=O) groups excluding carboxylic acids is 1. The lowest BCUT2D eigenvalue weighted by Crippen LogP contribution is -2.44. The molecule has 0 bridgehead atoms. The minimum absolute atomic E-state index is 0.0841. The van der Waals surface area contributed by atoms with Crippen LogP contribution in [0.5, 0.6) is 0 Å². The number of piperidine rings is 1. The van der Waals surface area contributed by atoms with Gasteiger partial charge in [0.15, 0.2) is 0 Å². The van der Waals surface area contributed by atoms with Crippen molar-refractivity contribution in [2.24, 2.45) is 0 Å². The van der Waals surface area contributed by atoms with Crippen LogP contribution < -0.4 is 5.32 Å². The molecule has 0 aromatic rings. The van der Waals surface area contributed by atoms with E-state index in [0.29, 0.717) is 6.04 Å². The van der Waals surface area contributed by atoms with E-state index < -0.39 is 0 Å². The Morgan fingerprint density at radius 3 is 2.73 bits per heavy atom. The van der Waals surface area contributed by atoms with Gasteiger partial charge in [0.05, 0.1) is 0 Å². The van der Waals surface area contributed by atoms with Gasteiger partial charge in [-0.25, -0.2) is 0 Å². The van der Waals surface area contributed by atoms with Crippen molar-refractivity contribution in [1.29, 1.82) is 0 Å². The fourth-order valence-electron chi connectivity index (χ4n) is 1.99. The Balaban J connectivity index is 2.13. The van der Waals surface area contributed by atoms with Crippen LogP contribution in [0.2, 0.25) is 0 Å². The molecule has 1 rings (SSSR count). The minimum Gasteiger partial charge on any atom is -0.354 e. The molecule has 0 aliphatic carbocycles. The summed E-state index contributed by atoms with van der Waals surface area (Å²) in [4.78, 5) is 13.3. The van der Waals surface area contributed by atoms with Gasteiger partial charge in [-0.05, 0) is 25.8 Å². The number of hydrogen-bond acceptors (Lipinski definition) is 2. The molecule has 0 atom stereocenters. The summed E-state index contributed by atoms with van der Waals surface area (Å²) in [6.45, 7) is 4.83. The lowest BCUT2D eigenvalue weighted by molar-refractivity contribution is -0.119. The van der Waals surface area contributed by atoms with Crippen LogP contribution in [0.15, 0.2) is 0 Å². The van der Waals surface area contributed by atoms with Crippen molar-refractivity contribution < 1.29 is 4.79 Å². The van der Waals surface area contributed by atoms with Crippen molar-refractivity contribution in [3.63, 3.8) is 0 Å². The van der Waals surface area contributed by atoms with Gasteiger partial charge in [-0.3, -0.25) is 4.79 Å². The Hall–Kier alpha value is -1.01. The quantitative estimate of drug-likeness (QED) is 0.552. The van der Waals surface area contributed by atoms with Crippen LogP contribution in [-0.2, 0) is 4.79 Å². The molecule has 15 heavy (non-hydrogen) atoms. The molecular weight excluding hydrogens is 188 g/mol.